The molecule has 0 fully saturated rings. The Labute approximate surface area is 38.2 Å². The van der Waals surface area contributed by atoms with Gasteiger partial charge in [0.25, 0.3) is 0 Å². The van der Waals surface area contributed by atoms with Crippen LogP contribution in [0, 0.1) is 6.54 Å². The Morgan fingerprint density at radius 1 is 1.83 bits per heavy atom. The van der Waals surface area contributed by atoms with Crippen LogP contribution < -0.4 is 5.32 Å². The third kappa shape index (κ3) is 3.92. The van der Waals surface area contributed by atoms with Gasteiger partial charge >= 0.3 is 0 Å². The van der Waals surface area contributed by atoms with Crippen molar-refractivity contribution in [2.75, 3.05) is 13.7 Å². The average Bonchev–Trinajstić information content (AvgIpc) is 1.61. The Morgan fingerprint density at radius 2 is 2.50 bits per heavy atom. The van der Waals surface area contributed by atoms with Crippen LogP contribution in [0.4, 0.5) is 0 Å². The highest BCUT2D eigenvalue weighted by molar-refractivity contribution is 4.53. The first kappa shape index (κ1) is 5.92. The normalized spacial score (nSPS) is 9.00. The van der Waals surface area contributed by atoms with E-state index in [-0.39, 0.29) is 6.61 Å². The maximum absolute atomic E-state index is 8.13. The summed E-state index contributed by atoms with van der Waals surface area (Å²) in [6, 6.07) is 0. The molecule has 0 heterocycles. The minimum Gasteiger partial charge on any atom is -0.396 e. The van der Waals surface area contributed by atoms with E-state index in [4.69, 9.17) is 5.11 Å². The minimum atomic E-state index is 0.237. The lowest BCUT2D eigenvalue weighted by atomic mass is 10.5. The van der Waals surface area contributed by atoms with Gasteiger partial charge in [-0.25, -0.2) is 0 Å². The van der Waals surface area contributed by atoms with Gasteiger partial charge in [0.2, 0.25) is 0 Å². The smallest absolute Gasteiger partial charge is 0.0446 e. The predicted octanol–water partition coefficient (Wildman–Crippen LogP) is -0.250. The molecular formula is C4H10NO. The van der Waals surface area contributed by atoms with Crippen molar-refractivity contribution in [1.82, 2.24) is 5.32 Å². The summed E-state index contributed by atoms with van der Waals surface area (Å²) < 4.78 is 0. The molecule has 1 radical (unpaired) electrons. The van der Waals surface area contributed by atoms with Crippen molar-refractivity contribution in [3.8, 4) is 0 Å². The molecule has 2 heteroatoms. The maximum atomic E-state index is 8.13. The van der Waals surface area contributed by atoms with E-state index in [2.05, 4.69) is 5.32 Å². The molecule has 37 valence electrons. The van der Waals surface area contributed by atoms with E-state index in [1.807, 2.05) is 7.05 Å². The van der Waals surface area contributed by atoms with Crippen molar-refractivity contribution in [3.63, 3.8) is 0 Å². The van der Waals surface area contributed by atoms with Gasteiger partial charge < -0.3 is 10.4 Å². The summed E-state index contributed by atoms with van der Waals surface area (Å²) in [5.41, 5.74) is 0. The van der Waals surface area contributed by atoms with Crippen LogP contribution in [0.2, 0.25) is 0 Å². The lowest BCUT2D eigenvalue weighted by molar-refractivity contribution is 0.296. The summed E-state index contributed by atoms with van der Waals surface area (Å²) in [5, 5.41) is 10.9. The fourth-order valence-electron chi connectivity index (χ4n) is 0.209. The molecule has 0 saturated heterocycles. The van der Waals surface area contributed by atoms with Crippen molar-refractivity contribution in [2.45, 2.75) is 6.42 Å². The van der Waals surface area contributed by atoms with Gasteiger partial charge in [0, 0.05) is 13.2 Å². The van der Waals surface area contributed by atoms with E-state index in [1.165, 1.54) is 0 Å². The summed E-state index contributed by atoms with van der Waals surface area (Å²) in [6.07, 6.45) is 0.733. The number of rotatable bonds is 3. The Bertz CT molecular complexity index is 19.5. The largest absolute Gasteiger partial charge is 0.396 e. The molecule has 2 nitrogen and oxygen atoms in total. The van der Waals surface area contributed by atoms with E-state index in [0.29, 0.717) is 0 Å². The first-order valence-corrected chi connectivity index (χ1v) is 2.01. The Balaban J connectivity index is 2.34. The molecule has 0 aromatic heterocycles. The molecule has 0 atom stereocenters. The van der Waals surface area contributed by atoms with E-state index >= 15 is 0 Å². The third-order valence-electron chi connectivity index (χ3n) is 0.478. The van der Waals surface area contributed by atoms with Gasteiger partial charge in [-0.1, -0.05) is 0 Å². The highest BCUT2D eigenvalue weighted by atomic mass is 16.3. The zero-order chi connectivity index (χ0) is 4.83. The SMILES string of the molecule is CN[CH]CCO. The third-order valence-corrected chi connectivity index (χ3v) is 0.478. The topological polar surface area (TPSA) is 32.3 Å². The van der Waals surface area contributed by atoms with Crippen molar-refractivity contribution in [1.29, 1.82) is 0 Å². The van der Waals surface area contributed by atoms with E-state index in [1.54, 1.807) is 6.54 Å². The highest BCUT2D eigenvalue weighted by Crippen LogP contribution is 1.73. The molecule has 0 rings (SSSR count). The van der Waals surface area contributed by atoms with Gasteiger partial charge in [-0.15, -0.1) is 0 Å². The fourth-order valence-corrected chi connectivity index (χ4v) is 0.209. The molecule has 0 aliphatic rings. The number of nitrogens with one attached hydrogen (secondary N) is 1. The monoisotopic (exact) mass is 88.1 g/mol. The maximum Gasteiger partial charge on any atom is 0.0446 e. The number of hydrogen-bond acceptors (Lipinski definition) is 2. The predicted molar refractivity (Wildman–Crippen MR) is 25.1 cm³/mol. The van der Waals surface area contributed by atoms with Crippen LogP contribution in [0.15, 0.2) is 0 Å². The van der Waals surface area contributed by atoms with Crippen molar-refractivity contribution in [3.05, 3.63) is 6.54 Å². The van der Waals surface area contributed by atoms with Gasteiger partial charge in [-0.3, -0.25) is 0 Å². The first-order valence-electron chi connectivity index (χ1n) is 2.01. The summed E-state index contributed by atoms with van der Waals surface area (Å²) in [5.74, 6) is 0. The zero-order valence-corrected chi connectivity index (χ0v) is 3.94. The van der Waals surface area contributed by atoms with Crippen LogP contribution in [-0.4, -0.2) is 18.8 Å². The van der Waals surface area contributed by atoms with Crippen LogP contribution >= 0.6 is 0 Å². The Hall–Kier alpha value is -0.0800. The van der Waals surface area contributed by atoms with Gasteiger partial charge in [-0.05, 0) is 13.5 Å². The number of hydrogen-bond donors (Lipinski definition) is 2. The molecule has 0 amide bonds. The molecule has 2 N–H and O–H groups in total. The Kier molecular flexibility index (Phi) is 4.85. The van der Waals surface area contributed by atoms with E-state index in [9.17, 15) is 0 Å². The zero-order valence-electron chi connectivity index (χ0n) is 3.94. The van der Waals surface area contributed by atoms with Gasteiger partial charge in [-0.2, -0.15) is 0 Å². The van der Waals surface area contributed by atoms with Gasteiger partial charge in [0.05, 0.1) is 0 Å². The summed E-state index contributed by atoms with van der Waals surface area (Å²) in [7, 11) is 1.82. The molecule has 0 aliphatic carbocycles. The molecular weight excluding hydrogens is 78.0 g/mol. The first-order chi connectivity index (χ1) is 2.91. The van der Waals surface area contributed by atoms with Crippen molar-refractivity contribution < 1.29 is 5.11 Å². The summed E-state index contributed by atoms with van der Waals surface area (Å²) in [4.78, 5) is 0. The van der Waals surface area contributed by atoms with Crippen LogP contribution in [-0.2, 0) is 0 Å². The minimum absolute atomic E-state index is 0.237. The molecule has 0 saturated carbocycles. The fraction of sp³-hybridized carbons (Fsp3) is 0.750. The Morgan fingerprint density at radius 3 is 2.67 bits per heavy atom. The quantitative estimate of drug-likeness (QED) is 0.466. The van der Waals surface area contributed by atoms with Crippen molar-refractivity contribution in [2.24, 2.45) is 0 Å². The molecule has 0 bridgehead atoms. The summed E-state index contributed by atoms with van der Waals surface area (Å²) >= 11 is 0. The number of aliphatic hydroxyl groups excluding tert-OH is 1. The highest BCUT2D eigenvalue weighted by Gasteiger charge is 1.75. The van der Waals surface area contributed by atoms with Crippen LogP contribution in [0.5, 0.6) is 0 Å². The molecule has 0 aliphatic heterocycles. The summed E-state index contributed by atoms with van der Waals surface area (Å²) in [6.45, 7) is 2.04. The van der Waals surface area contributed by atoms with E-state index in [0.717, 1.165) is 6.42 Å². The van der Waals surface area contributed by atoms with E-state index < -0.39 is 0 Å². The van der Waals surface area contributed by atoms with Gasteiger partial charge in [0.1, 0.15) is 0 Å². The molecule has 0 aromatic rings. The average molecular weight is 88.1 g/mol. The standard InChI is InChI=1S/C4H10NO/c1-5-3-2-4-6/h3,5-6H,2,4H2,1H3. The molecule has 6 heavy (non-hydrogen) atoms. The second-order valence-corrected chi connectivity index (χ2v) is 1.01. The van der Waals surface area contributed by atoms with Crippen LogP contribution in [0.25, 0.3) is 0 Å². The number of aliphatic hydroxyl groups is 1. The van der Waals surface area contributed by atoms with Crippen molar-refractivity contribution >= 4 is 0 Å². The lowest BCUT2D eigenvalue weighted by Crippen LogP contribution is -2.01. The molecule has 0 unspecified atom stereocenters. The lowest BCUT2D eigenvalue weighted by Gasteiger charge is -1.88. The second kappa shape index (κ2) is 4.92. The molecule has 0 spiro atoms. The second-order valence-electron chi connectivity index (χ2n) is 1.01. The van der Waals surface area contributed by atoms with Crippen LogP contribution in [0.3, 0.4) is 0 Å². The van der Waals surface area contributed by atoms with Crippen LogP contribution in [0.1, 0.15) is 6.42 Å². The van der Waals surface area contributed by atoms with Gasteiger partial charge in [0.15, 0.2) is 0 Å². The molecule has 0 aromatic carbocycles.